The summed E-state index contributed by atoms with van der Waals surface area (Å²) in [6.45, 7) is 15.8. The maximum Gasteiger partial charge on any atom is 1.00 e. The summed E-state index contributed by atoms with van der Waals surface area (Å²) in [6.07, 6.45) is 6.52. The van der Waals surface area contributed by atoms with Crippen molar-refractivity contribution in [2.45, 2.75) is 65.4 Å². The van der Waals surface area contributed by atoms with Gasteiger partial charge in [0.25, 0.3) is 0 Å². The number of unbranched alkanes of at least 4 members (excludes halogenated alkanes) is 3. The van der Waals surface area contributed by atoms with Gasteiger partial charge in [-0.2, -0.15) is 0 Å². The minimum atomic E-state index is -0.445. The van der Waals surface area contributed by atoms with E-state index >= 15 is 0 Å². The first-order valence-electron chi connectivity index (χ1n) is 12.3. The fourth-order valence-electron chi connectivity index (χ4n) is 3.19. The minimum Gasteiger partial charge on any atom is -0.490 e. The second kappa shape index (κ2) is 18.7. The molecule has 0 aliphatic rings. The minimum absolute atomic E-state index is 0. The van der Waals surface area contributed by atoms with E-state index in [0.29, 0.717) is 25.4 Å². The van der Waals surface area contributed by atoms with Crippen molar-refractivity contribution >= 4 is 18.2 Å². The first-order valence-corrected chi connectivity index (χ1v) is 12.3. The second-order valence-corrected chi connectivity index (χ2v) is 9.29. The average molecular weight is 507 g/mol. The van der Waals surface area contributed by atoms with Gasteiger partial charge in [0.1, 0.15) is 5.60 Å². The number of benzene rings is 2. The summed E-state index contributed by atoms with van der Waals surface area (Å²) in [4.78, 5) is 22.9. The van der Waals surface area contributed by atoms with E-state index in [1.54, 1.807) is 12.5 Å². The first kappa shape index (κ1) is 34.5. The summed E-state index contributed by atoms with van der Waals surface area (Å²) >= 11 is 0. The summed E-state index contributed by atoms with van der Waals surface area (Å²) in [5.41, 5.74) is 2.40. The van der Waals surface area contributed by atoms with Crippen LogP contribution in [0, 0.1) is 26.6 Å². The average Bonchev–Trinajstić information content (AvgIpc) is 2.81. The Bertz CT molecular complexity index is 893. The van der Waals surface area contributed by atoms with E-state index in [4.69, 9.17) is 9.47 Å². The Morgan fingerprint density at radius 3 is 2.19 bits per heavy atom. The molecule has 0 radical (unpaired) electrons. The molecule has 0 atom stereocenters. The van der Waals surface area contributed by atoms with Crippen LogP contribution in [0.4, 0.5) is 14.9 Å². The molecule has 0 spiro atoms. The van der Waals surface area contributed by atoms with Gasteiger partial charge in [0, 0.05) is 0 Å². The third-order valence-electron chi connectivity index (χ3n) is 5.11. The molecule has 2 amide bonds. The molecule has 2 aromatic carbocycles. The van der Waals surface area contributed by atoms with Gasteiger partial charge in [0.05, 0.1) is 13.0 Å². The van der Waals surface area contributed by atoms with Crippen molar-refractivity contribution in [1.82, 2.24) is 4.90 Å². The molecular formula is C29H40FLiN2O4-2. The molecule has 0 heterocycles. The molecule has 0 saturated carbocycles. The van der Waals surface area contributed by atoms with E-state index in [-0.39, 0.29) is 30.8 Å². The van der Waals surface area contributed by atoms with E-state index in [2.05, 4.69) is 19.2 Å². The fourth-order valence-corrected chi connectivity index (χ4v) is 3.19. The number of carbonyl (C=O) groups is 1. The third kappa shape index (κ3) is 14.7. The zero-order valence-corrected chi connectivity index (χ0v) is 23.1. The van der Waals surface area contributed by atoms with Gasteiger partial charge in [-0.3, -0.25) is 0 Å². The topological polar surface area (TPSA) is 67.9 Å². The molecule has 0 fully saturated rings. The number of hydrogen-bond donors (Lipinski definition) is 1. The van der Waals surface area contributed by atoms with Crippen LogP contribution < -0.4 is 28.9 Å². The number of para-hydroxylation sites is 1. The zero-order valence-electron chi connectivity index (χ0n) is 23.1. The fraction of sp³-hybridized carbons (Fsp3) is 0.448. The van der Waals surface area contributed by atoms with Crippen molar-refractivity contribution in [3.05, 3.63) is 73.3 Å². The van der Waals surface area contributed by atoms with E-state index in [1.165, 1.54) is 16.5 Å². The zero-order chi connectivity index (χ0) is 27.0. The Kier molecular flexibility index (Phi) is 17.4. The van der Waals surface area contributed by atoms with Crippen LogP contribution in [0.25, 0.3) is 0 Å². The maximum atomic E-state index is 13.6. The molecule has 200 valence electrons. The van der Waals surface area contributed by atoms with E-state index in [0.717, 1.165) is 43.4 Å². The van der Waals surface area contributed by atoms with Crippen LogP contribution in [0.1, 0.15) is 57.6 Å². The Morgan fingerprint density at radius 1 is 1.03 bits per heavy atom. The number of anilines is 1. The number of nitrogens with zero attached hydrogens (tertiary/aromatic N) is 1. The number of amides is 2. The summed E-state index contributed by atoms with van der Waals surface area (Å²) in [5.74, 6) is 0.0823. The van der Waals surface area contributed by atoms with Crippen molar-refractivity contribution in [2.75, 3.05) is 25.0 Å². The smallest absolute Gasteiger partial charge is 0.490 e. The second-order valence-electron chi connectivity index (χ2n) is 9.29. The van der Waals surface area contributed by atoms with Crippen molar-refractivity contribution in [3.63, 3.8) is 0 Å². The quantitative estimate of drug-likeness (QED) is 0.206. The van der Waals surface area contributed by atoms with Crippen LogP contribution >= 0.6 is 0 Å². The van der Waals surface area contributed by atoms with Gasteiger partial charge < -0.3 is 38.3 Å². The Morgan fingerprint density at radius 2 is 1.65 bits per heavy atom. The van der Waals surface area contributed by atoms with Gasteiger partial charge in [-0.15, -0.1) is 30.9 Å². The van der Waals surface area contributed by atoms with E-state index < -0.39 is 5.60 Å². The van der Waals surface area contributed by atoms with Crippen LogP contribution in [0.3, 0.4) is 0 Å². The summed E-state index contributed by atoms with van der Waals surface area (Å²) in [5, 5.41) is 2.50. The molecule has 0 saturated heterocycles. The number of nitrogens with one attached hydrogen (secondary N) is 1. The summed E-state index contributed by atoms with van der Waals surface area (Å²) in [7, 11) is 0. The number of carbonyl (C=O) groups excluding carboxylic acids is 2. The molecule has 8 heteroatoms. The van der Waals surface area contributed by atoms with Crippen molar-refractivity contribution in [3.8, 4) is 5.75 Å². The van der Waals surface area contributed by atoms with Gasteiger partial charge in [-0.05, 0) is 58.6 Å². The number of halogens is 1. The molecule has 0 unspecified atom stereocenters. The Labute approximate surface area is 234 Å². The Balaban J connectivity index is 0.000000851. The monoisotopic (exact) mass is 506 g/mol. The van der Waals surface area contributed by atoms with Crippen molar-refractivity contribution in [1.29, 1.82) is 0 Å². The molecule has 0 aliphatic carbocycles. The van der Waals surface area contributed by atoms with Crippen LogP contribution in [-0.4, -0.2) is 42.7 Å². The first-order chi connectivity index (χ1) is 17.1. The summed E-state index contributed by atoms with van der Waals surface area (Å²) < 4.78 is 24.2. The summed E-state index contributed by atoms with van der Waals surface area (Å²) in [6, 6.07) is 12.8. The van der Waals surface area contributed by atoms with Gasteiger partial charge in [0.15, 0.2) is 11.6 Å². The number of hydrogen-bond acceptors (Lipinski definition) is 4. The third-order valence-corrected chi connectivity index (χ3v) is 5.11. The molecular weight excluding hydrogens is 466 g/mol. The maximum absolute atomic E-state index is 13.6. The van der Waals surface area contributed by atoms with E-state index in [9.17, 15) is 14.0 Å². The molecule has 0 bridgehead atoms. The molecule has 6 nitrogen and oxygen atoms in total. The molecule has 2 aromatic rings. The van der Waals surface area contributed by atoms with Crippen molar-refractivity contribution < 1.29 is 42.3 Å². The predicted molar refractivity (Wildman–Crippen MR) is 143 cm³/mol. The normalized spacial score (nSPS) is 10.4. The molecule has 0 aliphatic heterocycles. The van der Waals surface area contributed by atoms with Gasteiger partial charge in [-0.25, -0.2) is 9.18 Å². The van der Waals surface area contributed by atoms with Crippen LogP contribution in [0.5, 0.6) is 5.75 Å². The molecule has 2 rings (SSSR count). The largest absolute Gasteiger partial charge is 1.00 e. The molecule has 37 heavy (non-hydrogen) atoms. The van der Waals surface area contributed by atoms with E-state index in [1.807, 2.05) is 58.0 Å². The van der Waals surface area contributed by atoms with Crippen LogP contribution in [0.15, 0.2) is 42.5 Å². The molecule has 0 aromatic heterocycles. The Hall–Kier alpha value is -2.49. The number of aryl methyl sites for hydroxylation is 2. The number of rotatable bonds is 12. The van der Waals surface area contributed by atoms with Gasteiger partial charge in [-0.1, -0.05) is 42.7 Å². The SMILES string of the molecule is Cc1cccc(F)c1OCCCCCCc1ccc(N[C-]=O)cc1.[CH2-]CN(C[CH2-])C(=O)OC(C)(C)C.[Li+]. The van der Waals surface area contributed by atoms with Crippen LogP contribution in [-0.2, 0) is 16.0 Å². The number of ether oxygens (including phenoxy) is 2. The van der Waals surface area contributed by atoms with Crippen molar-refractivity contribution in [2.24, 2.45) is 0 Å². The standard InChI is InChI=1S/C20H23FNO2.C9H17NO2.Li/c1-16-7-6-9-19(21)20(16)24-14-5-3-2-4-8-17-10-12-18(13-11-17)22-15-23;1-6-10(7-2)8(11)12-9(3,4)5;/h6-7,9-13H,2-5,8,14H2,1H3,(H,22,23);1-2,6-7H2,3-5H3;/q-1;-2;+1. The van der Waals surface area contributed by atoms with Gasteiger partial charge in [0.2, 0.25) is 0 Å². The van der Waals surface area contributed by atoms with Gasteiger partial charge >= 0.3 is 25.0 Å². The van der Waals surface area contributed by atoms with Crippen LogP contribution in [0.2, 0.25) is 0 Å². The predicted octanol–water partition coefficient (Wildman–Crippen LogP) is 3.69. The molecule has 1 N–H and O–H groups in total.